The predicted molar refractivity (Wildman–Crippen MR) is 189 cm³/mol. The van der Waals surface area contributed by atoms with Crippen LogP contribution < -0.4 is 15.4 Å². The molecule has 0 saturated carbocycles. The minimum Gasteiger partial charge on any atom is -0.497 e. The van der Waals surface area contributed by atoms with Gasteiger partial charge in [-0.3, -0.25) is 4.90 Å². The molecular formula is C39H47N3O8. The number of amides is 2. The average molecular weight is 686 g/mol. The molecule has 1 fully saturated rings. The lowest BCUT2D eigenvalue weighted by Gasteiger charge is -2.32. The Bertz CT molecular complexity index is 1580. The van der Waals surface area contributed by atoms with Gasteiger partial charge in [0.1, 0.15) is 37.3 Å². The van der Waals surface area contributed by atoms with Crippen LogP contribution in [-0.4, -0.2) is 80.9 Å². The summed E-state index contributed by atoms with van der Waals surface area (Å²) in [6.07, 6.45) is 2.09. The number of fused-ring (bicyclic) bond motifs is 3. The number of methoxy groups -OCH3 is 1. The van der Waals surface area contributed by atoms with Gasteiger partial charge in [0.2, 0.25) is 0 Å². The van der Waals surface area contributed by atoms with Gasteiger partial charge >= 0.3 is 18.2 Å². The molecule has 0 aromatic heterocycles. The van der Waals surface area contributed by atoms with Crippen molar-refractivity contribution in [2.75, 3.05) is 40.0 Å². The lowest BCUT2D eigenvalue weighted by molar-refractivity contribution is -0.147. The highest BCUT2D eigenvalue weighted by atomic mass is 16.6. The maximum Gasteiger partial charge on any atom is 0.412 e. The first-order chi connectivity index (χ1) is 24.2. The van der Waals surface area contributed by atoms with Crippen molar-refractivity contribution < 1.29 is 38.1 Å². The molecule has 0 spiro atoms. The zero-order chi connectivity index (χ0) is 35.5. The maximum atomic E-state index is 13.3. The van der Waals surface area contributed by atoms with Crippen molar-refractivity contribution in [3.8, 4) is 16.9 Å². The molecule has 1 heterocycles. The number of rotatable bonds is 16. The smallest absolute Gasteiger partial charge is 0.412 e. The van der Waals surface area contributed by atoms with Crippen LogP contribution in [0, 0.1) is 0 Å². The van der Waals surface area contributed by atoms with Crippen LogP contribution in [0.1, 0.15) is 55.7 Å². The second kappa shape index (κ2) is 17.2. The highest BCUT2D eigenvalue weighted by Gasteiger charge is 2.44. The van der Waals surface area contributed by atoms with Gasteiger partial charge < -0.3 is 34.3 Å². The summed E-state index contributed by atoms with van der Waals surface area (Å²) in [5.41, 5.74) is 4.49. The Morgan fingerprint density at radius 1 is 0.960 bits per heavy atom. The lowest BCUT2D eigenvalue weighted by Crippen LogP contribution is -2.51. The first kappa shape index (κ1) is 36.4. The van der Waals surface area contributed by atoms with Crippen LogP contribution in [0.3, 0.4) is 0 Å². The Labute approximate surface area is 293 Å². The molecule has 1 aliphatic carbocycles. The summed E-state index contributed by atoms with van der Waals surface area (Å²) in [6, 6.07) is 22.4. The fourth-order valence-electron chi connectivity index (χ4n) is 6.48. The number of nitrogens with one attached hydrogen (secondary N) is 2. The van der Waals surface area contributed by atoms with E-state index in [2.05, 4.69) is 41.5 Å². The van der Waals surface area contributed by atoms with E-state index >= 15 is 0 Å². The Balaban J connectivity index is 1.14. The number of alkyl carbamates (subject to hydrolysis) is 1. The van der Waals surface area contributed by atoms with Crippen LogP contribution in [0.5, 0.6) is 5.75 Å². The molecule has 2 aliphatic rings. The molecule has 0 bridgehead atoms. The number of esters is 1. The standard InChI is InChI=1S/C39H47N3O8/c1-5-22-47-38(45)42-28(25-50-39(42,2)3)23-40-21-11-10-16-35(36(43)48-24-27-17-19-29(46-4)20-18-27)41-37(44)49-26-34-32-14-8-6-12-30(32)31-13-7-9-15-33(31)34/h5-9,12-15,17-20,28,34-35,40H,1,10-11,16,21-26H2,2-4H3,(H,41,44)/t28-,35-/m0/s1. The zero-order valence-electron chi connectivity index (χ0n) is 29.0. The molecule has 5 rings (SSSR count). The third-order valence-electron chi connectivity index (χ3n) is 9.03. The average Bonchev–Trinajstić information content (AvgIpc) is 3.62. The molecule has 1 aliphatic heterocycles. The monoisotopic (exact) mass is 685 g/mol. The molecule has 266 valence electrons. The van der Waals surface area contributed by atoms with E-state index in [1.165, 1.54) is 6.08 Å². The van der Waals surface area contributed by atoms with Crippen LogP contribution in [0.15, 0.2) is 85.5 Å². The molecule has 50 heavy (non-hydrogen) atoms. The highest BCUT2D eigenvalue weighted by molar-refractivity contribution is 5.82. The van der Waals surface area contributed by atoms with E-state index in [4.69, 9.17) is 23.7 Å². The van der Waals surface area contributed by atoms with E-state index in [1.807, 2.05) is 50.2 Å². The summed E-state index contributed by atoms with van der Waals surface area (Å²) in [6.45, 7) is 9.11. The SMILES string of the molecule is C=CCOC(=O)N1[C@@H](CNCCCC[C@H](NC(=O)OCC2c3ccccc3-c3ccccc32)C(=O)OCc2ccc(OC)cc2)COC1(C)C. The number of benzene rings is 3. The molecule has 2 atom stereocenters. The maximum absolute atomic E-state index is 13.3. The Morgan fingerprint density at radius 2 is 1.64 bits per heavy atom. The van der Waals surface area contributed by atoms with Crippen molar-refractivity contribution in [3.63, 3.8) is 0 Å². The number of hydrogen-bond acceptors (Lipinski definition) is 9. The van der Waals surface area contributed by atoms with Gasteiger partial charge in [-0.25, -0.2) is 14.4 Å². The summed E-state index contributed by atoms with van der Waals surface area (Å²) in [7, 11) is 1.59. The Morgan fingerprint density at radius 3 is 2.30 bits per heavy atom. The largest absolute Gasteiger partial charge is 0.497 e. The fraction of sp³-hybridized carbons (Fsp3) is 0.410. The quantitative estimate of drug-likeness (QED) is 0.0789. The second-order valence-electron chi connectivity index (χ2n) is 12.8. The van der Waals surface area contributed by atoms with Gasteiger partial charge in [0, 0.05) is 12.5 Å². The first-order valence-electron chi connectivity index (χ1n) is 17.0. The molecule has 0 radical (unpaired) electrons. The molecule has 0 unspecified atom stereocenters. The first-order valence-corrected chi connectivity index (χ1v) is 17.0. The summed E-state index contributed by atoms with van der Waals surface area (Å²) in [4.78, 5) is 40.7. The van der Waals surface area contributed by atoms with Crippen LogP contribution in [0.2, 0.25) is 0 Å². The zero-order valence-corrected chi connectivity index (χ0v) is 29.0. The van der Waals surface area contributed by atoms with Gasteiger partial charge in [-0.2, -0.15) is 0 Å². The normalized spacial score (nSPS) is 16.5. The van der Waals surface area contributed by atoms with Gasteiger partial charge in [-0.1, -0.05) is 73.3 Å². The van der Waals surface area contributed by atoms with Gasteiger partial charge in [0.15, 0.2) is 0 Å². The number of nitrogens with zero attached hydrogens (tertiary/aromatic N) is 1. The number of carbonyl (C=O) groups is 3. The number of ether oxygens (including phenoxy) is 5. The van der Waals surface area contributed by atoms with Gasteiger partial charge in [0.25, 0.3) is 0 Å². The minimum atomic E-state index is -0.900. The summed E-state index contributed by atoms with van der Waals surface area (Å²) in [5.74, 6) is 0.0598. The second-order valence-corrected chi connectivity index (χ2v) is 12.8. The molecule has 11 nitrogen and oxygen atoms in total. The summed E-state index contributed by atoms with van der Waals surface area (Å²) >= 11 is 0. The molecule has 11 heteroatoms. The van der Waals surface area contributed by atoms with E-state index < -0.39 is 29.9 Å². The van der Waals surface area contributed by atoms with Gasteiger partial charge in [0.05, 0.1) is 19.8 Å². The fourth-order valence-corrected chi connectivity index (χ4v) is 6.48. The van der Waals surface area contributed by atoms with Crippen molar-refractivity contribution in [1.82, 2.24) is 15.5 Å². The van der Waals surface area contributed by atoms with Crippen molar-refractivity contribution in [3.05, 3.63) is 102 Å². The van der Waals surface area contributed by atoms with Crippen LogP contribution in [0.25, 0.3) is 11.1 Å². The van der Waals surface area contributed by atoms with Crippen LogP contribution in [0.4, 0.5) is 9.59 Å². The summed E-state index contributed by atoms with van der Waals surface area (Å²) < 4.78 is 27.7. The highest BCUT2D eigenvalue weighted by Crippen LogP contribution is 2.44. The van der Waals surface area contributed by atoms with E-state index in [0.717, 1.165) is 27.8 Å². The van der Waals surface area contributed by atoms with E-state index in [9.17, 15) is 14.4 Å². The van der Waals surface area contributed by atoms with Gasteiger partial charge in [-0.15, -0.1) is 0 Å². The van der Waals surface area contributed by atoms with Crippen molar-refractivity contribution in [2.45, 2.75) is 63.4 Å². The molecule has 3 aromatic carbocycles. The number of unbranched alkanes of at least 4 members (excludes halogenated alkanes) is 1. The topological polar surface area (TPSA) is 125 Å². The Hall–Kier alpha value is -4.87. The predicted octanol–water partition coefficient (Wildman–Crippen LogP) is 6.17. The molecule has 3 aromatic rings. The van der Waals surface area contributed by atoms with Crippen LogP contribution >= 0.6 is 0 Å². The van der Waals surface area contributed by atoms with Crippen molar-refractivity contribution in [2.24, 2.45) is 0 Å². The Kier molecular flexibility index (Phi) is 12.5. The third-order valence-corrected chi connectivity index (χ3v) is 9.03. The minimum absolute atomic E-state index is 0.0544. The molecule has 2 amide bonds. The van der Waals surface area contributed by atoms with Crippen molar-refractivity contribution in [1.29, 1.82) is 0 Å². The number of hydrogen-bond donors (Lipinski definition) is 2. The van der Waals surface area contributed by atoms with Crippen molar-refractivity contribution >= 4 is 18.2 Å². The molecular weight excluding hydrogens is 638 g/mol. The van der Waals surface area contributed by atoms with E-state index in [1.54, 1.807) is 24.1 Å². The van der Waals surface area contributed by atoms with E-state index in [-0.39, 0.29) is 31.8 Å². The molecule has 2 N–H and O–H groups in total. The summed E-state index contributed by atoms with van der Waals surface area (Å²) in [5, 5.41) is 6.15. The third kappa shape index (κ3) is 9.02. The van der Waals surface area contributed by atoms with Crippen LogP contribution in [-0.2, 0) is 30.3 Å². The lowest BCUT2D eigenvalue weighted by atomic mass is 9.98. The number of carbonyl (C=O) groups excluding carboxylic acids is 3. The molecule has 1 saturated heterocycles. The van der Waals surface area contributed by atoms with Gasteiger partial charge in [-0.05, 0) is 79.6 Å². The van der Waals surface area contributed by atoms with E-state index in [0.29, 0.717) is 44.7 Å².